The quantitative estimate of drug-likeness (QED) is 0.435. The molecule has 0 rings (SSSR count). The Morgan fingerprint density at radius 2 is 2.10 bits per heavy atom. The van der Waals surface area contributed by atoms with E-state index in [9.17, 15) is 4.79 Å². The highest BCUT2D eigenvalue weighted by Crippen LogP contribution is 2.09. The summed E-state index contributed by atoms with van der Waals surface area (Å²) in [5, 5.41) is 0. The van der Waals surface area contributed by atoms with Crippen LogP contribution in [0.1, 0.15) is 33.6 Å². The summed E-state index contributed by atoms with van der Waals surface area (Å²) in [6.45, 7) is 6.29. The van der Waals surface area contributed by atoms with Gasteiger partial charge in [0.1, 0.15) is 0 Å². The molecule has 0 aromatic heterocycles. The second kappa shape index (κ2) is 5.19. The summed E-state index contributed by atoms with van der Waals surface area (Å²) >= 11 is 0. The monoisotopic (exact) mass is 141 g/mol. The minimum absolute atomic E-state index is 0.192. The summed E-state index contributed by atoms with van der Waals surface area (Å²) in [5.74, 6) is 0.613. The van der Waals surface area contributed by atoms with Crippen molar-refractivity contribution in [2.24, 2.45) is 10.9 Å². The lowest BCUT2D eigenvalue weighted by atomic mass is 10.0. The van der Waals surface area contributed by atoms with Crippen LogP contribution in [-0.4, -0.2) is 12.1 Å². The summed E-state index contributed by atoms with van der Waals surface area (Å²) in [6.07, 6.45) is 3.53. The molecule has 1 atom stereocenters. The third kappa shape index (κ3) is 4.28. The van der Waals surface area contributed by atoms with Crippen molar-refractivity contribution in [3.8, 4) is 0 Å². The van der Waals surface area contributed by atoms with E-state index in [4.69, 9.17) is 0 Å². The number of hydrogen-bond donors (Lipinski definition) is 0. The zero-order chi connectivity index (χ0) is 7.98. The Bertz CT molecular complexity index is 125. The molecule has 0 aromatic carbocycles. The van der Waals surface area contributed by atoms with Gasteiger partial charge in [0.2, 0.25) is 6.08 Å². The fraction of sp³-hybridized carbons (Fsp3) is 0.875. The highest BCUT2D eigenvalue weighted by Gasteiger charge is 2.05. The normalized spacial score (nSPS) is 12.8. The molecule has 0 bridgehead atoms. The van der Waals surface area contributed by atoms with Crippen LogP contribution in [0.25, 0.3) is 0 Å². The molecule has 0 fully saturated rings. The Kier molecular flexibility index (Phi) is 4.87. The fourth-order valence-electron chi connectivity index (χ4n) is 0.929. The summed E-state index contributed by atoms with van der Waals surface area (Å²) in [5.41, 5.74) is 0. The number of rotatable bonds is 4. The third-order valence-corrected chi connectivity index (χ3v) is 1.45. The highest BCUT2D eigenvalue weighted by molar-refractivity contribution is 5.33. The molecule has 0 saturated carbocycles. The van der Waals surface area contributed by atoms with Gasteiger partial charge in [-0.3, -0.25) is 0 Å². The van der Waals surface area contributed by atoms with Crippen molar-refractivity contribution in [3.05, 3.63) is 0 Å². The molecular formula is C8H15NO. The molecule has 0 spiro atoms. The average Bonchev–Trinajstić information content (AvgIpc) is 1.86. The molecule has 1 unspecified atom stereocenters. The first-order valence-corrected chi connectivity index (χ1v) is 3.77. The molecule has 0 saturated heterocycles. The maximum Gasteiger partial charge on any atom is 0.235 e. The standard InChI is InChI=1S/C8H15NO/c1-4-8(9-6-10)5-7(2)3/h7-8H,4-5H2,1-3H3. The maximum atomic E-state index is 9.86. The van der Waals surface area contributed by atoms with Gasteiger partial charge in [-0.2, -0.15) is 0 Å². The number of carbonyl (C=O) groups excluding carboxylic acids is 1. The van der Waals surface area contributed by atoms with Gasteiger partial charge >= 0.3 is 0 Å². The molecule has 0 aliphatic rings. The largest absolute Gasteiger partial charge is 0.235 e. The lowest BCUT2D eigenvalue weighted by Crippen LogP contribution is -2.05. The van der Waals surface area contributed by atoms with Crippen LogP contribution in [0.3, 0.4) is 0 Å². The lowest BCUT2D eigenvalue weighted by Gasteiger charge is -2.09. The molecule has 0 aromatic rings. The lowest BCUT2D eigenvalue weighted by molar-refractivity contribution is 0.481. The first-order chi connectivity index (χ1) is 4.70. The zero-order valence-corrected chi connectivity index (χ0v) is 6.92. The van der Waals surface area contributed by atoms with E-state index < -0.39 is 0 Å². The number of aliphatic imine (C=N–C) groups is 1. The van der Waals surface area contributed by atoms with Crippen molar-refractivity contribution in [1.29, 1.82) is 0 Å². The van der Waals surface area contributed by atoms with Gasteiger partial charge in [-0.05, 0) is 18.8 Å². The van der Waals surface area contributed by atoms with E-state index >= 15 is 0 Å². The summed E-state index contributed by atoms with van der Waals surface area (Å²) in [6, 6.07) is 0.192. The van der Waals surface area contributed by atoms with Gasteiger partial charge in [0.05, 0.1) is 6.04 Å². The Morgan fingerprint density at radius 3 is 2.40 bits per heavy atom. The van der Waals surface area contributed by atoms with Gasteiger partial charge in [0.15, 0.2) is 0 Å². The Labute approximate surface area is 62.4 Å². The van der Waals surface area contributed by atoms with E-state index in [1.807, 2.05) is 6.92 Å². The van der Waals surface area contributed by atoms with Crippen LogP contribution in [0, 0.1) is 5.92 Å². The van der Waals surface area contributed by atoms with Crippen LogP contribution in [0.4, 0.5) is 0 Å². The number of nitrogens with zero attached hydrogens (tertiary/aromatic N) is 1. The van der Waals surface area contributed by atoms with E-state index in [2.05, 4.69) is 18.8 Å². The fourth-order valence-corrected chi connectivity index (χ4v) is 0.929. The summed E-state index contributed by atoms with van der Waals surface area (Å²) in [4.78, 5) is 13.5. The number of isocyanates is 1. The van der Waals surface area contributed by atoms with Crippen molar-refractivity contribution in [3.63, 3.8) is 0 Å². The van der Waals surface area contributed by atoms with Crippen molar-refractivity contribution >= 4 is 6.08 Å². The van der Waals surface area contributed by atoms with Crippen molar-refractivity contribution in [2.75, 3.05) is 0 Å². The van der Waals surface area contributed by atoms with Crippen LogP contribution >= 0.6 is 0 Å². The van der Waals surface area contributed by atoms with Crippen LogP contribution in [0.15, 0.2) is 4.99 Å². The summed E-state index contributed by atoms with van der Waals surface area (Å²) < 4.78 is 0. The second-order valence-electron chi connectivity index (χ2n) is 2.91. The van der Waals surface area contributed by atoms with Gasteiger partial charge in [0.25, 0.3) is 0 Å². The van der Waals surface area contributed by atoms with E-state index in [1.54, 1.807) is 6.08 Å². The second-order valence-corrected chi connectivity index (χ2v) is 2.91. The van der Waals surface area contributed by atoms with Crippen LogP contribution < -0.4 is 0 Å². The Morgan fingerprint density at radius 1 is 1.50 bits per heavy atom. The first kappa shape index (κ1) is 9.38. The molecule has 0 aliphatic heterocycles. The predicted octanol–water partition coefficient (Wildman–Crippen LogP) is 2.15. The molecular weight excluding hydrogens is 126 g/mol. The zero-order valence-electron chi connectivity index (χ0n) is 6.92. The van der Waals surface area contributed by atoms with Gasteiger partial charge in [-0.15, -0.1) is 0 Å². The van der Waals surface area contributed by atoms with Crippen molar-refractivity contribution in [2.45, 2.75) is 39.7 Å². The highest BCUT2D eigenvalue weighted by atomic mass is 16.1. The number of hydrogen-bond acceptors (Lipinski definition) is 2. The topological polar surface area (TPSA) is 29.4 Å². The minimum atomic E-state index is 0.192. The van der Waals surface area contributed by atoms with Crippen LogP contribution in [0.5, 0.6) is 0 Å². The minimum Gasteiger partial charge on any atom is -0.211 e. The third-order valence-electron chi connectivity index (χ3n) is 1.45. The molecule has 0 N–H and O–H groups in total. The molecule has 58 valence electrons. The Hall–Kier alpha value is -0.620. The van der Waals surface area contributed by atoms with Gasteiger partial charge in [-0.25, -0.2) is 9.79 Å². The molecule has 0 heterocycles. The molecule has 0 amide bonds. The van der Waals surface area contributed by atoms with Crippen LogP contribution in [-0.2, 0) is 4.79 Å². The molecule has 2 nitrogen and oxygen atoms in total. The maximum absolute atomic E-state index is 9.86. The van der Waals surface area contributed by atoms with E-state index in [1.165, 1.54) is 0 Å². The summed E-state index contributed by atoms with van der Waals surface area (Å²) in [7, 11) is 0. The smallest absolute Gasteiger partial charge is 0.211 e. The van der Waals surface area contributed by atoms with Gasteiger partial charge in [0, 0.05) is 0 Å². The van der Waals surface area contributed by atoms with E-state index in [0.29, 0.717) is 5.92 Å². The molecule has 10 heavy (non-hydrogen) atoms. The van der Waals surface area contributed by atoms with Gasteiger partial charge in [-0.1, -0.05) is 20.8 Å². The first-order valence-electron chi connectivity index (χ1n) is 3.77. The van der Waals surface area contributed by atoms with Gasteiger partial charge < -0.3 is 0 Å². The Balaban J connectivity index is 3.71. The molecule has 2 heteroatoms. The van der Waals surface area contributed by atoms with Crippen molar-refractivity contribution < 1.29 is 4.79 Å². The SMILES string of the molecule is CCC(CC(C)C)N=C=O. The predicted molar refractivity (Wildman–Crippen MR) is 41.7 cm³/mol. The molecule has 0 radical (unpaired) electrons. The molecule has 0 aliphatic carbocycles. The van der Waals surface area contributed by atoms with E-state index in [0.717, 1.165) is 12.8 Å². The van der Waals surface area contributed by atoms with Crippen LogP contribution in [0.2, 0.25) is 0 Å². The average molecular weight is 141 g/mol. The van der Waals surface area contributed by atoms with E-state index in [-0.39, 0.29) is 6.04 Å². The van der Waals surface area contributed by atoms with Crippen molar-refractivity contribution in [1.82, 2.24) is 0 Å².